The maximum absolute atomic E-state index is 14.2. The fraction of sp³-hybridized carbons (Fsp3) is 0.161. The topological polar surface area (TPSA) is 224 Å². The van der Waals surface area contributed by atoms with Crippen molar-refractivity contribution < 1.29 is 64.7 Å². The highest BCUT2D eigenvalue weighted by Gasteiger charge is 2.48. The normalized spacial score (nSPS) is 20.7. The van der Waals surface area contributed by atoms with Crippen LogP contribution >= 0.6 is 0 Å². The van der Waals surface area contributed by atoms with Gasteiger partial charge in [-0.2, -0.15) is 0 Å². The van der Waals surface area contributed by atoms with Gasteiger partial charge in [0, 0.05) is 18.2 Å². The Kier molecular flexibility index (Phi) is 6.54. The van der Waals surface area contributed by atoms with Crippen LogP contribution in [0.15, 0.2) is 54.6 Å². The number of hydrogen-bond donors (Lipinski definition) is 8. The van der Waals surface area contributed by atoms with Gasteiger partial charge in [0.1, 0.15) is 51.7 Å². The molecule has 44 heavy (non-hydrogen) atoms. The van der Waals surface area contributed by atoms with Crippen molar-refractivity contribution in [1.29, 1.82) is 0 Å². The molecule has 2 aliphatic rings. The summed E-state index contributed by atoms with van der Waals surface area (Å²) in [5.41, 5.74) is -1.10. The van der Waals surface area contributed by atoms with Gasteiger partial charge in [-0.05, 0) is 35.4 Å². The van der Waals surface area contributed by atoms with E-state index in [0.717, 1.165) is 30.3 Å². The Labute approximate surface area is 247 Å². The van der Waals surface area contributed by atoms with E-state index in [1.54, 1.807) is 0 Å². The molecule has 0 aromatic heterocycles. The second kappa shape index (κ2) is 10.2. The molecular weight excluding hydrogens is 580 g/mol. The summed E-state index contributed by atoms with van der Waals surface area (Å²) < 4.78 is 17.2. The van der Waals surface area contributed by atoms with Gasteiger partial charge in [-0.3, -0.25) is 9.59 Å². The number of carbonyl (C=O) groups excluding carboxylic acids is 2. The van der Waals surface area contributed by atoms with Gasteiger partial charge >= 0.3 is 0 Å². The van der Waals surface area contributed by atoms with E-state index >= 15 is 0 Å². The van der Waals surface area contributed by atoms with Crippen molar-refractivity contribution in [2.45, 2.75) is 24.2 Å². The smallest absolute Gasteiger partial charge is 0.202 e. The van der Waals surface area contributed by atoms with E-state index in [-0.39, 0.29) is 39.5 Å². The summed E-state index contributed by atoms with van der Waals surface area (Å²) in [6.07, 6.45) is -4.86. The third-order valence-corrected chi connectivity index (χ3v) is 7.65. The third-order valence-electron chi connectivity index (χ3n) is 7.65. The van der Waals surface area contributed by atoms with Crippen LogP contribution in [0.1, 0.15) is 55.5 Å². The van der Waals surface area contributed by atoms with Crippen LogP contribution in [0.2, 0.25) is 0 Å². The molecule has 0 radical (unpaired) electrons. The van der Waals surface area contributed by atoms with Crippen LogP contribution in [0.3, 0.4) is 0 Å². The first kappa shape index (κ1) is 28.3. The Morgan fingerprint density at radius 3 is 1.98 bits per heavy atom. The van der Waals surface area contributed by atoms with Crippen molar-refractivity contribution in [2.75, 3.05) is 7.11 Å². The number of phenolic OH excluding ortho intramolecular Hbond substituents is 7. The minimum absolute atomic E-state index is 0.0295. The van der Waals surface area contributed by atoms with Crippen LogP contribution in [-0.2, 0) is 0 Å². The Hall–Kier alpha value is -5.82. The highest BCUT2D eigenvalue weighted by atomic mass is 16.5. The van der Waals surface area contributed by atoms with E-state index in [9.17, 15) is 50.4 Å². The van der Waals surface area contributed by atoms with Crippen molar-refractivity contribution in [3.8, 4) is 57.5 Å². The molecule has 4 aromatic carbocycles. The highest BCUT2D eigenvalue weighted by molar-refractivity contribution is 6.10. The number of aliphatic hydroxyl groups is 1. The maximum Gasteiger partial charge on any atom is 0.202 e. The molecule has 0 saturated heterocycles. The maximum atomic E-state index is 14.2. The molecular formula is C31H24O13. The summed E-state index contributed by atoms with van der Waals surface area (Å²) in [4.78, 5) is 27.7. The molecule has 0 aliphatic carbocycles. The summed E-state index contributed by atoms with van der Waals surface area (Å²) in [5, 5.41) is 83.8. The molecule has 2 aliphatic heterocycles. The zero-order valence-electron chi connectivity index (χ0n) is 22.6. The third kappa shape index (κ3) is 4.29. The van der Waals surface area contributed by atoms with Crippen molar-refractivity contribution in [2.24, 2.45) is 0 Å². The van der Waals surface area contributed by atoms with Crippen LogP contribution in [0.25, 0.3) is 0 Å². The molecule has 0 bridgehead atoms. The van der Waals surface area contributed by atoms with Crippen molar-refractivity contribution in [3.63, 3.8) is 0 Å². The summed E-state index contributed by atoms with van der Waals surface area (Å²) in [5.74, 6) is -8.09. The molecule has 0 saturated carbocycles. The van der Waals surface area contributed by atoms with Crippen LogP contribution in [0.4, 0.5) is 0 Å². The quantitative estimate of drug-likeness (QED) is 0.157. The molecule has 226 valence electrons. The molecule has 13 heteroatoms. The molecule has 0 amide bonds. The second-order valence-electron chi connectivity index (χ2n) is 10.3. The largest absolute Gasteiger partial charge is 0.508 e. The van der Waals surface area contributed by atoms with Crippen LogP contribution in [-0.4, -0.2) is 65.6 Å². The van der Waals surface area contributed by atoms with Crippen molar-refractivity contribution >= 4 is 11.6 Å². The number of hydrogen-bond acceptors (Lipinski definition) is 13. The summed E-state index contributed by atoms with van der Waals surface area (Å²) in [7, 11) is 1.33. The number of ketones is 2. The Balaban J connectivity index is 1.59. The van der Waals surface area contributed by atoms with Gasteiger partial charge in [0.05, 0.1) is 18.6 Å². The number of Topliss-reactive ketones (excluding diaryl/α,β-unsaturated/α-hetero) is 2. The lowest BCUT2D eigenvalue weighted by atomic mass is 9.78. The number of fused-ring (bicyclic) bond motifs is 2. The number of aromatic hydroxyl groups is 7. The average Bonchev–Trinajstić information content (AvgIpc) is 2.96. The van der Waals surface area contributed by atoms with E-state index in [0.29, 0.717) is 0 Å². The predicted octanol–water partition coefficient (Wildman–Crippen LogP) is 3.41. The number of ether oxygens (including phenoxy) is 3. The fourth-order valence-electron chi connectivity index (χ4n) is 5.60. The Bertz CT molecular complexity index is 1860. The van der Waals surface area contributed by atoms with Gasteiger partial charge in [0.2, 0.25) is 5.78 Å². The van der Waals surface area contributed by atoms with E-state index in [4.69, 9.17) is 14.2 Å². The summed E-state index contributed by atoms with van der Waals surface area (Å²) in [6.45, 7) is 0. The summed E-state index contributed by atoms with van der Waals surface area (Å²) in [6, 6.07) is 10.3. The van der Waals surface area contributed by atoms with E-state index < -0.39 is 81.6 Å². The summed E-state index contributed by atoms with van der Waals surface area (Å²) >= 11 is 0. The Morgan fingerprint density at radius 2 is 1.30 bits per heavy atom. The van der Waals surface area contributed by atoms with Crippen LogP contribution < -0.4 is 14.2 Å². The Morgan fingerprint density at radius 1 is 0.636 bits per heavy atom. The van der Waals surface area contributed by atoms with Gasteiger partial charge < -0.3 is 55.1 Å². The van der Waals surface area contributed by atoms with Gasteiger partial charge in [0.15, 0.2) is 41.0 Å². The number of aliphatic hydroxyl groups excluding tert-OH is 1. The standard InChI is InChI=1S/C31H24O13/c1-42-20-5-3-11(7-16(20)35)29-25(26(39)22-17(36)8-13(32)9-21(22)43-29)23-18(37)10-19(38)24-27(40)28(41)30(44-31(23)24)12-2-4-14(33)15(34)6-12/h2-10,25,28-30,32-38,41H,1H3/t25?,28-,29?,30?/m0/s1. The van der Waals surface area contributed by atoms with E-state index in [1.807, 2.05) is 0 Å². The molecule has 4 aromatic rings. The van der Waals surface area contributed by atoms with Gasteiger partial charge in [-0.1, -0.05) is 12.1 Å². The molecule has 8 N–H and O–H groups in total. The lowest BCUT2D eigenvalue weighted by Crippen LogP contribution is -2.38. The van der Waals surface area contributed by atoms with Crippen LogP contribution in [0.5, 0.6) is 57.5 Å². The highest BCUT2D eigenvalue weighted by Crippen LogP contribution is 2.55. The molecule has 0 fully saturated rings. The lowest BCUT2D eigenvalue weighted by Gasteiger charge is -2.37. The number of phenols is 7. The number of methoxy groups -OCH3 is 1. The molecule has 4 atom stereocenters. The number of benzene rings is 4. The number of rotatable bonds is 4. The molecule has 0 spiro atoms. The number of carbonyl (C=O) groups is 2. The lowest BCUT2D eigenvalue weighted by molar-refractivity contribution is 0.0196. The molecule has 3 unspecified atom stereocenters. The molecule has 2 heterocycles. The average molecular weight is 605 g/mol. The SMILES string of the molecule is COc1ccc(C2Oc3cc(O)cc(O)c3C(=O)C2c2c(O)cc(O)c3c2OC(c2ccc(O)c(O)c2)[C@@H](O)C3=O)cc1O. The van der Waals surface area contributed by atoms with E-state index in [1.165, 1.54) is 31.4 Å². The second-order valence-corrected chi connectivity index (χ2v) is 10.3. The first-order chi connectivity index (χ1) is 20.9. The van der Waals surface area contributed by atoms with Gasteiger partial charge in [-0.25, -0.2) is 0 Å². The fourth-order valence-corrected chi connectivity index (χ4v) is 5.60. The zero-order chi connectivity index (χ0) is 31.6. The van der Waals surface area contributed by atoms with Crippen molar-refractivity contribution in [3.05, 3.63) is 82.4 Å². The molecule has 6 rings (SSSR count). The van der Waals surface area contributed by atoms with Gasteiger partial charge in [-0.15, -0.1) is 0 Å². The minimum atomic E-state index is -1.92. The monoisotopic (exact) mass is 604 g/mol. The van der Waals surface area contributed by atoms with Crippen LogP contribution in [0, 0.1) is 0 Å². The first-order valence-corrected chi connectivity index (χ1v) is 13.0. The predicted molar refractivity (Wildman–Crippen MR) is 148 cm³/mol. The van der Waals surface area contributed by atoms with Gasteiger partial charge in [0.25, 0.3) is 0 Å². The van der Waals surface area contributed by atoms with Crippen molar-refractivity contribution in [1.82, 2.24) is 0 Å². The first-order valence-electron chi connectivity index (χ1n) is 13.0. The van der Waals surface area contributed by atoms with E-state index in [2.05, 4.69) is 0 Å². The molecule has 13 nitrogen and oxygen atoms in total. The minimum Gasteiger partial charge on any atom is -0.508 e. The zero-order valence-corrected chi connectivity index (χ0v) is 22.6.